The first kappa shape index (κ1) is 20.5. The minimum atomic E-state index is -0.344. The highest BCUT2D eigenvalue weighted by Crippen LogP contribution is 2.30. The number of rotatable bonds is 5. The van der Waals surface area contributed by atoms with E-state index in [2.05, 4.69) is 10.6 Å². The van der Waals surface area contributed by atoms with Crippen LogP contribution in [0.1, 0.15) is 17.5 Å². The van der Waals surface area contributed by atoms with Crippen molar-refractivity contribution in [3.05, 3.63) is 90.0 Å². The summed E-state index contributed by atoms with van der Waals surface area (Å²) in [5.41, 5.74) is 4.13. The molecule has 6 heteroatoms. The summed E-state index contributed by atoms with van der Waals surface area (Å²) < 4.78 is 0. The third-order valence-corrected chi connectivity index (χ3v) is 5.25. The third kappa shape index (κ3) is 5.04. The highest BCUT2D eigenvalue weighted by molar-refractivity contribution is 6.04. The summed E-state index contributed by atoms with van der Waals surface area (Å²) in [7, 11) is 0. The maximum atomic E-state index is 13.3. The van der Waals surface area contributed by atoms with Crippen molar-refractivity contribution in [2.75, 3.05) is 28.6 Å². The van der Waals surface area contributed by atoms with E-state index in [1.165, 1.54) is 0 Å². The molecule has 6 nitrogen and oxygen atoms in total. The van der Waals surface area contributed by atoms with Crippen molar-refractivity contribution in [1.82, 2.24) is 4.90 Å². The van der Waals surface area contributed by atoms with E-state index in [9.17, 15) is 9.59 Å². The van der Waals surface area contributed by atoms with Crippen LogP contribution in [0.3, 0.4) is 0 Å². The van der Waals surface area contributed by atoms with Crippen LogP contribution in [0, 0.1) is 6.92 Å². The predicted octanol–water partition coefficient (Wildman–Crippen LogP) is 5.47. The molecule has 1 aliphatic rings. The molecule has 4 amide bonds. The summed E-state index contributed by atoms with van der Waals surface area (Å²) in [6, 6.07) is 24.6. The Balaban J connectivity index is 1.53. The largest absolute Gasteiger partial charge is 0.324 e. The van der Waals surface area contributed by atoms with Crippen molar-refractivity contribution >= 4 is 29.1 Å². The van der Waals surface area contributed by atoms with Crippen LogP contribution in [0.25, 0.3) is 0 Å². The van der Waals surface area contributed by atoms with Gasteiger partial charge in [0, 0.05) is 25.3 Å². The molecule has 1 aliphatic heterocycles. The lowest BCUT2D eigenvalue weighted by molar-refractivity contribution is 0.192. The summed E-state index contributed by atoms with van der Waals surface area (Å²) in [5, 5.41) is 5.75. The molecule has 1 fully saturated rings. The van der Waals surface area contributed by atoms with Crippen LogP contribution in [0.15, 0.2) is 78.9 Å². The number of urea groups is 2. The Morgan fingerprint density at radius 2 is 1.61 bits per heavy atom. The van der Waals surface area contributed by atoms with Gasteiger partial charge in [0.15, 0.2) is 0 Å². The van der Waals surface area contributed by atoms with Crippen LogP contribution in [-0.2, 0) is 6.54 Å². The fourth-order valence-electron chi connectivity index (χ4n) is 3.75. The number of hydrogen-bond acceptors (Lipinski definition) is 2. The van der Waals surface area contributed by atoms with Gasteiger partial charge in [-0.1, -0.05) is 54.6 Å². The normalized spacial score (nSPS) is 13.8. The first-order chi connectivity index (χ1) is 15.1. The standard InChI is InChI=1S/C25H26N4O2/c1-19-13-14-23(22(17-19)27-24(30)26-21-11-6-3-7-12-21)29-16-8-15-28(25(29)31)18-20-9-4-2-5-10-20/h2-7,9-14,17H,8,15-16,18H2,1H3,(H2,26,27,30). The fraction of sp³-hybridized carbons (Fsp3) is 0.200. The van der Waals surface area contributed by atoms with Crippen LogP contribution in [0.2, 0.25) is 0 Å². The molecular formula is C25H26N4O2. The number of benzene rings is 3. The number of hydrogen-bond donors (Lipinski definition) is 2. The molecule has 0 radical (unpaired) electrons. The third-order valence-electron chi connectivity index (χ3n) is 5.25. The van der Waals surface area contributed by atoms with Gasteiger partial charge in [-0.15, -0.1) is 0 Å². The van der Waals surface area contributed by atoms with E-state index in [0.717, 1.165) is 17.5 Å². The second-order valence-corrected chi connectivity index (χ2v) is 7.66. The van der Waals surface area contributed by atoms with E-state index < -0.39 is 0 Å². The van der Waals surface area contributed by atoms with E-state index in [1.54, 1.807) is 4.90 Å². The Bertz CT molecular complexity index is 1050. The van der Waals surface area contributed by atoms with Crippen molar-refractivity contribution in [2.24, 2.45) is 0 Å². The molecule has 3 aromatic carbocycles. The number of amides is 4. The molecule has 158 valence electrons. The molecule has 2 N–H and O–H groups in total. The van der Waals surface area contributed by atoms with Crippen LogP contribution in [-0.4, -0.2) is 30.1 Å². The molecule has 0 aromatic heterocycles. The zero-order chi connectivity index (χ0) is 21.6. The fourth-order valence-corrected chi connectivity index (χ4v) is 3.75. The number of aryl methyl sites for hydroxylation is 1. The summed E-state index contributed by atoms with van der Waals surface area (Å²) in [6.07, 6.45) is 0.863. The number of carbonyl (C=O) groups is 2. The monoisotopic (exact) mass is 414 g/mol. The lowest BCUT2D eigenvalue weighted by atomic mass is 10.1. The molecule has 1 heterocycles. The van der Waals surface area contributed by atoms with Gasteiger partial charge in [-0.25, -0.2) is 9.59 Å². The van der Waals surface area contributed by atoms with Gasteiger partial charge in [0.25, 0.3) is 0 Å². The van der Waals surface area contributed by atoms with Crippen LogP contribution in [0.4, 0.5) is 26.7 Å². The quantitative estimate of drug-likeness (QED) is 0.581. The van der Waals surface area contributed by atoms with Crippen molar-refractivity contribution in [3.63, 3.8) is 0 Å². The highest BCUT2D eigenvalue weighted by atomic mass is 16.2. The lowest BCUT2D eigenvalue weighted by Crippen LogP contribution is -2.49. The number of anilines is 3. The van der Waals surface area contributed by atoms with Gasteiger partial charge in [-0.3, -0.25) is 4.90 Å². The average Bonchev–Trinajstić information content (AvgIpc) is 2.77. The van der Waals surface area contributed by atoms with Crippen molar-refractivity contribution in [1.29, 1.82) is 0 Å². The van der Waals surface area contributed by atoms with Gasteiger partial charge in [-0.2, -0.15) is 0 Å². The molecule has 1 saturated heterocycles. The number of carbonyl (C=O) groups excluding carboxylic acids is 2. The van der Waals surface area contributed by atoms with E-state index in [1.807, 2.05) is 90.7 Å². The zero-order valence-corrected chi connectivity index (χ0v) is 17.5. The van der Waals surface area contributed by atoms with E-state index in [0.29, 0.717) is 36.7 Å². The Kier molecular flexibility index (Phi) is 6.17. The molecule has 0 saturated carbocycles. The minimum Gasteiger partial charge on any atom is -0.320 e. The van der Waals surface area contributed by atoms with Crippen LogP contribution in [0.5, 0.6) is 0 Å². The molecule has 31 heavy (non-hydrogen) atoms. The van der Waals surface area contributed by atoms with E-state index in [4.69, 9.17) is 0 Å². The Labute approximate surface area is 182 Å². The molecule has 0 bridgehead atoms. The smallest absolute Gasteiger partial charge is 0.320 e. The molecule has 0 aliphatic carbocycles. The number of nitrogens with zero attached hydrogens (tertiary/aromatic N) is 2. The second kappa shape index (κ2) is 9.34. The van der Waals surface area contributed by atoms with Gasteiger partial charge in [0.05, 0.1) is 11.4 Å². The van der Waals surface area contributed by atoms with E-state index >= 15 is 0 Å². The van der Waals surface area contributed by atoms with E-state index in [-0.39, 0.29) is 12.1 Å². The first-order valence-electron chi connectivity index (χ1n) is 10.4. The zero-order valence-electron chi connectivity index (χ0n) is 17.5. The van der Waals surface area contributed by atoms with Gasteiger partial charge in [0.1, 0.15) is 0 Å². The SMILES string of the molecule is Cc1ccc(N2CCCN(Cc3ccccc3)C2=O)c(NC(=O)Nc2ccccc2)c1. The summed E-state index contributed by atoms with van der Waals surface area (Å²) >= 11 is 0. The van der Waals surface area contributed by atoms with Crippen molar-refractivity contribution < 1.29 is 9.59 Å². The van der Waals surface area contributed by atoms with Crippen LogP contribution >= 0.6 is 0 Å². The minimum absolute atomic E-state index is 0.0505. The Hall–Kier alpha value is -3.80. The second-order valence-electron chi connectivity index (χ2n) is 7.66. The summed E-state index contributed by atoms with van der Waals surface area (Å²) in [4.78, 5) is 29.5. The molecule has 0 unspecified atom stereocenters. The van der Waals surface area contributed by atoms with Crippen molar-refractivity contribution in [2.45, 2.75) is 19.9 Å². The lowest BCUT2D eigenvalue weighted by Gasteiger charge is -2.36. The molecule has 3 aromatic rings. The summed E-state index contributed by atoms with van der Waals surface area (Å²) in [6.45, 7) is 3.86. The molecule has 0 spiro atoms. The summed E-state index contributed by atoms with van der Waals surface area (Å²) in [5.74, 6) is 0. The molecule has 4 rings (SSSR count). The van der Waals surface area contributed by atoms with Gasteiger partial charge in [-0.05, 0) is 48.7 Å². The number of nitrogens with one attached hydrogen (secondary N) is 2. The first-order valence-corrected chi connectivity index (χ1v) is 10.4. The van der Waals surface area contributed by atoms with Gasteiger partial charge < -0.3 is 15.5 Å². The van der Waals surface area contributed by atoms with Gasteiger partial charge >= 0.3 is 12.1 Å². The number of para-hydroxylation sites is 1. The van der Waals surface area contributed by atoms with Crippen molar-refractivity contribution in [3.8, 4) is 0 Å². The highest BCUT2D eigenvalue weighted by Gasteiger charge is 2.28. The molecule has 0 atom stereocenters. The average molecular weight is 415 g/mol. The van der Waals surface area contributed by atoms with Crippen LogP contribution < -0.4 is 15.5 Å². The van der Waals surface area contributed by atoms with Gasteiger partial charge in [0.2, 0.25) is 0 Å². The maximum Gasteiger partial charge on any atom is 0.324 e. The maximum absolute atomic E-state index is 13.3. The predicted molar refractivity (Wildman–Crippen MR) is 124 cm³/mol. The Morgan fingerprint density at radius 3 is 2.35 bits per heavy atom. The molecular weight excluding hydrogens is 388 g/mol. The topological polar surface area (TPSA) is 64.7 Å². The Morgan fingerprint density at radius 1 is 0.903 bits per heavy atom.